The predicted molar refractivity (Wildman–Crippen MR) is 91.8 cm³/mol. The van der Waals surface area contributed by atoms with Crippen molar-refractivity contribution in [3.05, 3.63) is 23.0 Å². The molecule has 0 aliphatic rings. The molecule has 0 saturated heterocycles. The van der Waals surface area contributed by atoms with Gasteiger partial charge in [0.25, 0.3) is 0 Å². The largest absolute Gasteiger partial charge is 0.501 e. The third kappa shape index (κ3) is 9.48. The van der Waals surface area contributed by atoms with Crippen LogP contribution in [0.3, 0.4) is 0 Å². The molecule has 1 amide bonds. The third-order valence-electron chi connectivity index (χ3n) is 3.22. The molecule has 0 fully saturated rings. The molecule has 0 radical (unpaired) electrons. The van der Waals surface area contributed by atoms with Crippen molar-refractivity contribution in [2.45, 2.75) is 72.8 Å². The van der Waals surface area contributed by atoms with Crippen LogP contribution in [0.5, 0.6) is 0 Å². The highest BCUT2D eigenvalue weighted by Gasteiger charge is 2.15. The van der Waals surface area contributed by atoms with Gasteiger partial charge < -0.3 is 14.8 Å². The molecule has 0 aromatic heterocycles. The van der Waals surface area contributed by atoms with Crippen molar-refractivity contribution < 1.29 is 14.3 Å². The summed E-state index contributed by atoms with van der Waals surface area (Å²) in [6.07, 6.45) is 5.62. The molecule has 0 bridgehead atoms. The summed E-state index contributed by atoms with van der Waals surface area (Å²) in [5.41, 5.74) is 2.10. The Kier molecular flexibility index (Phi) is 9.63. The smallest absolute Gasteiger partial charge is 0.407 e. The number of allylic oxidation sites excluding steroid dienone is 4. The summed E-state index contributed by atoms with van der Waals surface area (Å²) in [6, 6.07) is 0. The summed E-state index contributed by atoms with van der Waals surface area (Å²) in [4.78, 5) is 11.5. The van der Waals surface area contributed by atoms with E-state index in [4.69, 9.17) is 9.47 Å². The first-order valence-corrected chi connectivity index (χ1v) is 8.13. The summed E-state index contributed by atoms with van der Waals surface area (Å²) in [7, 11) is 1.71. The maximum atomic E-state index is 11.5. The number of carbonyl (C=O) groups excluding carboxylic acids is 1. The Hall–Kier alpha value is -1.45. The summed E-state index contributed by atoms with van der Waals surface area (Å²) in [6.45, 7) is 12.5. The number of ether oxygens (including phenoxy) is 2. The Morgan fingerprint density at radius 3 is 2.27 bits per heavy atom. The number of carbonyl (C=O) groups is 1. The van der Waals surface area contributed by atoms with Crippen molar-refractivity contribution in [2.24, 2.45) is 0 Å². The van der Waals surface area contributed by atoms with Crippen molar-refractivity contribution in [2.75, 3.05) is 13.7 Å². The highest BCUT2D eigenvalue weighted by Crippen LogP contribution is 2.17. The minimum Gasteiger partial charge on any atom is -0.501 e. The van der Waals surface area contributed by atoms with Gasteiger partial charge in [0.2, 0.25) is 0 Å². The highest BCUT2D eigenvalue weighted by molar-refractivity contribution is 5.67. The second kappa shape index (κ2) is 10.3. The minimum atomic E-state index is -0.447. The number of hydrogen-bond acceptors (Lipinski definition) is 3. The highest BCUT2D eigenvalue weighted by atomic mass is 16.6. The number of nitrogens with one attached hydrogen (secondary N) is 1. The first-order valence-electron chi connectivity index (χ1n) is 8.13. The van der Waals surface area contributed by atoms with Gasteiger partial charge in [0, 0.05) is 13.0 Å². The third-order valence-corrected chi connectivity index (χ3v) is 3.22. The average Bonchev–Trinajstić information content (AvgIpc) is 2.41. The molecule has 0 atom stereocenters. The van der Waals surface area contributed by atoms with E-state index < -0.39 is 5.60 Å². The van der Waals surface area contributed by atoms with Gasteiger partial charge in [-0.05, 0) is 52.5 Å². The van der Waals surface area contributed by atoms with E-state index in [2.05, 4.69) is 32.2 Å². The molecule has 0 aliphatic carbocycles. The molecule has 0 heterocycles. The molecule has 0 aromatic carbocycles. The summed E-state index contributed by atoms with van der Waals surface area (Å²) in [5, 5.41) is 2.79. The Morgan fingerprint density at radius 1 is 1.18 bits per heavy atom. The van der Waals surface area contributed by atoms with Crippen LogP contribution in [0, 0.1) is 0 Å². The number of hydrogen-bond donors (Lipinski definition) is 1. The van der Waals surface area contributed by atoms with Crippen LogP contribution in [0.4, 0.5) is 4.79 Å². The molecule has 0 aliphatic heterocycles. The van der Waals surface area contributed by atoms with Crippen LogP contribution in [0.2, 0.25) is 0 Å². The molecule has 128 valence electrons. The maximum absolute atomic E-state index is 11.5. The lowest BCUT2D eigenvalue weighted by molar-refractivity contribution is 0.0527. The zero-order valence-corrected chi connectivity index (χ0v) is 15.3. The Labute approximate surface area is 136 Å². The zero-order valence-electron chi connectivity index (χ0n) is 15.3. The van der Waals surface area contributed by atoms with Gasteiger partial charge in [0.05, 0.1) is 12.9 Å². The van der Waals surface area contributed by atoms with E-state index in [1.54, 1.807) is 7.11 Å². The van der Waals surface area contributed by atoms with Crippen LogP contribution in [-0.4, -0.2) is 25.3 Å². The van der Waals surface area contributed by atoms with Crippen LogP contribution in [-0.2, 0) is 9.47 Å². The Balaban J connectivity index is 4.32. The van der Waals surface area contributed by atoms with E-state index >= 15 is 0 Å². The first kappa shape index (κ1) is 20.6. The van der Waals surface area contributed by atoms with Gasteiger partial charge in [-0.25, -0.2) is 4.79 Å². The Morgan fingerprint density at radius 2 is 1.82 bits per heavy atom. The average molecular weight is 311 g/mol. The van der Waals surface area contributed by atoms with Gasteiger partial charge in [-0.1, -0.05) is 25.5 Å². The van der Waals surface area contributed by atoms with Gasteiger partial charge in [0.1, 0.15) is 5.60 Å². The van der Waals surface area contributed by atoms with E-state index in [0.717, 1.165) is 31.4 Å². The fourth-order valence-electron chi connectivity index (χ4n) is 2.14. The number of rotatable bonds is 8. The molecule has 22 heavy (non-hydrogen) atoms. The normalized spacial score (nSPS) is 13.5. The quantitative estimate of drug-likeness (QED) is 0.391. The number of methoxy groups -OCH3 is 1. The van der Waals surface area contributed by atoms with Gasteiger partial charge in [-0.15, -0.1) is 0 Å². The molecule has 0 saturated carbocycles. The van der Waals surface area contributed by atoms with Crippen molar-refractivity contribution in [1.82, 2.24) is 5.32 Å². The van der Waals surface area contributed by atoms with Crippen LogP contribution < -0.4 is 5.32 Å². The molecule has 1 N–H and O–H groups in total. The SMILES string of the molecule is CC/C(OC)=C(C)/C=C(\CC)CCCNC(=O)OC(C)(C)C. The van der Waals surface area contributed by atoms with Gasteiger partial charge >= 0.3 is 6.09 Å². The van der Waals surface area contributed by atoms with Crippen LogP contribution >= 0.6 is 0 Å². The molecular formula is C18H33NO3. The van der Waals surface area contributed by atoms with Gasteiger partial charge in [-0.3, -0.25) is 0 Å². The lowest BCUT2D eigenvalue weighted by Crippen LogP contribution is -2.33. The van der Waals surface area contributed by atoms with Crippen molar-refractivity contribution in [3.63, 3.8) is 0 Å². The summed E-state index contributed by atoms with van der Waals surface area (Å²) in [5.74, 6) is 1.03. The van der Waals surface area contributed by atoms with Crippen LogP contribution in [0.25, 0.3) is 0 Å². The lowest BCUT2D eigenvalue weighted by atomic mass is 10.0. The second-order valence-corrected chi connectivity index (χ2v) is 6.35. The fourth-order valence-corrected chi connectivity index (χ4v) is 2.14. The van der Waals surface area contributed by atoms with Crippen molar-refractivity contribution in [1.29, 1.82) is 0 Å². The van der Waals surface area contributed by atoms with Crippen molar-refractivity contribution in [3.8, 4) is 0 Å². The van der Waals surface area contributed by atoms with Gasteiger partial charge in [-0.2, -0.15) is 0 Å². The molecule has 4 heteroatoms. The van der Waals surface area contributed by atoms with E-state index in [0.29, 0.717) is 6.54 Å². The fraction of sp³-hybridized carbons (Fsp3) is 0.722. The van der Waals surface area contributed by atoms with Crippen LogP contribution in [0.1, 0.15) is 67.2 Å². The van der Waals surface area contributed by atoms with Crippen molar-refractivity contribution >= 4 is 6.09 Å². The lowest BCUT2D eigenvalue weighted by Gasteiger charge is -2.19. The molecule has 0 unspecified atom stereocenters. The molecule has 0 spiro atoms. The first-order chi connectivity index (χ1) is 10.2. The second-order valence-electron chi connectivity index (χ2n) is 6.35. The molecule has 0 aromatic rings. The predicted octanol–water partition coefficient (Wildman–Crippen LogP) is 4.96. The molecular weight excluding hydrogens is 278 g/mol. The monoisotopic (exact) mass is 311 g/mol. The zero-order chi connectivity index (χ0) is 17.2. The standard InChI is InChI=1S/C18H33NO3/c1-8-15(13-14(3)16(9-2)21-7)11-10-12-19-17(20)22-18(4,5)6/h13H,8-12H2,1-7H3,(H,19,20)/b15-13+,16-14-. The number of alkyl carbamates (subject to hydrolysis) is 1. The van der Waals surface area contributed by atoms with E-state index in [9.17, 15) is 4.79 Å². The van der Waals surface area contributed by atoms with E-state index in [-0.39, 0.29) is 6.09 Å². The Bertz CT molecular complexity index is 397. The molecule has 0 rings (SSSR count). The summed E-state index contributed by atoms with van der Waals surface area (Å²) < 4.78 is 10.6. The summed E-state index contributed by atoms with van der Waals surface area (Å²) >= 11 is 0. The maximum Gasteiger partial charge on any atom is 0.407 e. The number of amides is 1. The van der Waals surface area contributed by atoms with Gasteiger partial charge in [0.15, 0.2) is 0 Å². The topological polar surface area (TPSA) is 47.6 Å². The van der Waals surface area contributed by atoms with E-state index in [1.165, 1.54) is 11.1 Å². The van der Waals surface area contributed by atoms with E-state index in [1.807, 2.05) is 20.8 Å². The minimum absolute atomic E-state index is 0.349. The van der Waals surface area contributed by atoms with Crippen LogP contribution in [0.15, 0.2) is 23.0 Å². The molecule has 4 nitrogen and oxygen atoms in total.